The van der Waals surface area contributed by atoms with E-state index in [0.717, 1.165) is 45.1 Å². The lowest BCUT2D eigenvalue weighted by molar-refractivity contribution is -0.131. The van der Waals surface area contributed by atoms with Gasteiger partial charge in [0.2, 0.25) is 5.91 Å². The molecule has 1 aliphatic rings. The lowest BCUT2D eigenvalue weighted by atomic mass is 10.1. The average molecular weight is 553 g/mol. The van der Waals surface area contributed by atoms with E-state index in [4.69, 9.17) is 4.99 Å². The molecule has 0 saturated carbocycles. The second kappa shape index (κ2) is 13.6. The normalized spacial score (nSPS) is 13.9. The molecule has 3 rings (SSSR count). The number of aliphatic imine (C=N–C) groups is 1. The highest BCUT2D eigenvalue weighted by Gasteiger charge is 2.22. The van der Waals surface area contributed by atoms with Gasteiger partial charge in [0.05, 0.1) is 6.54 Å². The number of halogens is 1. The van der Waals surface area contributed by atoms with Crippen molar-refractivity contribution in [1.29, 1.82) is 0 Å². The summed E-state index contributed by atoms with van der Waals surface area (Å²) in [4.78, 5) is 20.4. The molecule has 2 aromatic rings. The van der Waals surface area contributed by atoms with Gasteiger partial charge in [0.25, 0.3) is 0 Å². The van der Waals surface area contributed by atoms with Crippen LogP contribution < -0.4 is 10.6 Å². The summed E-state index contributed by atoms with van der Waals surface area (Å²) in [5, 5.41) is 7.04. The van der Waals surface area contributed by atoms with E-state index in [2.05, 4.69) is 60.9 Å². The van der Waals surface area contributed by atoms with Crippen LogP contribution in [0.5, 0.6) is 0 Å². The summed E-state index contributed by atoms with van der Waals surface area (Å²) in [5.41, 5.74) is 2.54. The SMILES string of the molecule is CCNC(=NCC(C)Sc1ccccc1)NCCCC(=O)N1Cc2ccccc2C1.I. The summed E-state index contributed by atoms with van der Waals surface area (Å²) < 4.78 is 0. The number of thioether (sulfide) groups is 1. The summed E-state index contributed by atoms with van der Waals surface area (Å²) in [6.07, 6.45) is 1.35. The van der Waals surface area contributed by atoms with Crippen molar-refractivity contribution >= 4 is 47.6 Å². The van der Waals surface area contributed by atoms with E-state index < -0.39 is 0 Å². The first-order valence-corrected chi connectivity index (χ1v) is 11.6. The molecule has 2 aromatic carbocycles. The predicted octanol–water partition coefficient (Wildman–Crippen LogP) is 4.66. The van der Waals surface area contributed by atoms with Gasteiger partial charge in [0, 0.05) is 42.7 Å². The lowest BCUT2D eigenvalue weighted by Crippen LogP contribution is -2.38. The van der Waals surface area contributed by atoms with Crippen molar-refractivity contribution in [3.63, 3.8) is 0 Å². The third-order valence-electron chi connectivity index (χ3n) is 4.98. The molecule has 0 spiro atoms. The smallest absolute Gasteiger partial charge is 0.223 e. The quantitative estimate of drug-likeness (QED) is 0.156. The zero-order valence-electron chi connectivity index (χ0n) is 18.3. The van der Waals surface area contributed by atoms with E-state index in [9.17, 15) is 4.79 Å². The third kappa shape index (κ3) is 8.37. The highest BCUT2D eigenvalue weighted by molar-refractivity contribution is 14.0. The second-order valence-corrected chi connectivity index (χ2v) is 9.02. The van der Waals surface area contributed by atoms with Crippen LogP contribution >= 0.6 is 35.7 Å². The Morgan fingerprint density at radius 3 is 2.35 bits per heavy atom. The minimum atomic E-state index is 0. The van der Waals surface area contributed by atoms with Crippen molar-refractivity contribution in [3.8, 4) is 0 Å². The number of carbonyl (C=O) groups is 1. The van der Waals surface area contributed by atoms with Crippen LogP contribution in [0.4, 0.5) is 0 Å². The Labute approximate surface area is 207 Å². The van der Waals surface area contributed by atoms with Gasteiger partial charge in [-0.2, -0.15) is 0 Å². The number of benzene rings is 2. The first-order chi connectivity index (χ1) is 14.7. The van der Waals surface area contributed by atoms with Crippen LogP contribution in [-0.4, -0.2) is 41.7 Å². The van der Waals surface area contributed by atoms with E-state index in [1.807, 2.05) is 34.9 Å². The molecule has 0 aliphatic carbocycles. The third-order valence-corrected chi connectivity index (χ3v) is 6.08. The molecular weight excluding hydrogens is 519 g/mol. The Morgan fingerprint density at radius 2 is 1.71 bits per heavy atom. The summed E-state index contributed by atoms with van der Waals surface area (Å²) >= 11 is 1.83. The topological polar surface area (TPSA) is 56.7 Å². The highest BCUT2D eigenvalue weighted by Crippen LogP contribution is 2.23. The Bertz CT molecular complexity index is 821. The number of rotatable bonds is 9. The average Bonchev–Trinajstić information content (AvgIpc) is 3.20. The van der Waals surface area contributed by atoms with E-state index in [1.165, 1.54) is 16.0 Å². The zero-order valence-corrected chi connectivity index (χ0v) is 21.5. The molecule has 1 aliphatic heterocycles. The number of carbonyl (C=O) groups excluding carboxylic acids is 1. The summed E-state index contributed by atoms with van der Waals surface area (Å²) in [5.74, 6) is 1.04. The molecule has 0 radical (unpaired) electrons. The van der Waals surface area contributed by atoms with Crippen molar-refractivity contribution in [3.05, 3.63) is 65.7 Å². The summed E-state index contributed by atoms with van der Waals surface area (Å²) in [6, 6.07) is 18.7. The van der Waals surface area contributed by atoms with Crippen LogP contribution in [0.15, 0.2) is 64.5 Å². The van der Waals surface area contributed by atoms with Gasteiger partial charge in [0.15, 0.2) is 5.96 Å². The van der Waals surface area contributed by atoms with Gasteiger partial charge >= 0.3 is 0 Å². The largest absolute Gasteiger partial charge is 0.357 e. The first-order valence-electron chi connectivity index (χ1n) is 10.7. The first kappa shape index (κ1) is 25.5. The van der Waals surface area contributed by atoms with Crippen molar-refractivity contribution < 1.29 is 4.79 Å². The minimum absolute atomic E-state index is 0. The van der Waals surface area contributed by atoms with Crippen LogP contribution in [0.3, 0.4) is 0 Å². The maximum absolute atomic E-state index is 12.5. The molecule has 5 nitrogen and oxygen atoms in total. The van der Waals surface area contributed by atoms with Crippen LogP contribution in [0.25, 0.3) is 0 Å². The molecule has 31 heavy (non-hydrogen) atoms. The summed E-state index contributed by atoms with van der Waals surface area (Å²) in [6.45, 7) is 8.02. The molecule has 2 N–H and O–H groups in total. The molecule has 0 fully saturated rings. The summed E-state index contributed by atoms with van der Waals surface area (Å²) in [7, 11) is 0. The van der Waals surface area contributed by atoms with Gasteiger partial charge in [-0.15, -0.1) is 35.7 Å². The molecule has 1 unspecified atom stereocenters. The van der Waals surface area contributed by atoms with Gasteiger partial charge in [-0.1, -0.05) is 49.4 Å². The Balaban J connectivity index is 0.00000341. The number of fused-ring (bicyclic) bond motifs is 1. The Kier molecular flexibility index (Phi) is 11.2. The Morgan fingerprint density at radius 1 is 1.06 bits per heavy atom. The highest BCUT2D eigenvalue weighted by atomic mass is 127. The van der Waals surface area contributed by atoms with Gasteiger partial charge in [0.1, 0.15) is 0 Å². The molecule has 7 heteroatoms. The Hall–Kier alpha value is -1.74. The number of amides is 1. The lowest BCUT2D eigenvalue weighted by Gasteiger charge is -2.16. The predicted molar refractivity (Wildman–Crippen MR) is 141 cm³/mol. The van der Waals surface area contributed by atoms with Crippen LogP contribution in [0.2, 0.25) is 0 Å². The maximum atomic E-state index is 12.5. The molecule has 1 atom stereocenters. The fourth-order valence-electron chi connectivity index (χ4n) is 3.44. The van der Waals surface area contributed by atoms with Crippen molar-refractivity contribution in [2.75, 3.05) is 19.6 Å². The van der Waals surface area contributed by atoms with Crippen molar-refractivity contribution in [2.45, 2.75) is 49.9 Å². The number of guanidine groups is 1. The van der Waals surface area contributed by atoms with Crippen LogP contribution in [0.1, 0.15) is 37.8 Å². The number of hydrogen-bond acceptors (Lipinski definition) is 3. The van der Waals surface area contributed by atoms with E-state index in [-0.39, 0.29) is 29.9 Å². The molecular formula is C24H33IN4OS. The number of nitrogens with one attached hydrogen (secondary N) is 2. The molecule has 0 bridgehead atoms. The second-order valence-electron chi connectivity index (χ2n) is 7.51. The van der Waals surface area contributed by atoms with Crippen molar-refractivity contribution in [2.24, 2.45) is 4.99 Å². The maximum Gasteiger partial charge on any atom is 0.223 e. The molecule has 0 saturated heterocycles. The van der Waals surface area contributed by atoms with Crippen LogP contribution in [-0.2, 0) is 17.9 Å². The van der Waals surface area contributed by atoms with Gasteiger partial charge in [-0.3, -0.25) is 9.79 Å². The van der Waals surface area contributed by atoms with Gasteiger partial charge in [-0.05, 0) is 36.6 Å². The van der Waals surface area contributed by atoms with E-state index in [1.54, 1.807) is 0 Å². The number of hydrogen-bond donors (Lipinski definition) is 2. The molecule has 0 aromatic heterocycles. The zero-order chi connectivity index (χ0) is 21.2. The van der Waals surface area contributed by atoms with Crippen LogP contribution in [0, 0.1) is 0 Å². The molecule has 168 valence electrons. The van der Waals surface area contributed by atoms with Gasteiger partial charge in [-0.25, -0.2) is 0 Å². The minimum Gasteiger partial charge on any atom is -0.357 e. The monoisotopic (exact) mass is 552 g/mol. The van der Waals surface area contributed by atoms with Gasteiger partial charge < -0.3 is 15.5 Å². The number of nitrogens with zero attached hydrogens (tertiary/aromatic N) is 2. The molecule has 1 heterocycles. The standard InChI is InChI=1S/C24H32N4OS.HI/c1-3-25-24(27-16-19(2)30-22-12-5-4-6-13-22)26-15-9-14-23(29)28-17-20-10-7-8-11-21(20)18-28;/h4-8,10-13,19H,3,9,14-18H2,1-2H3,(H2,25,26,27);1H. The fraction of sp³-hybridized carbons (Fsp3) is 0.417. The fourth-order valence-corrected chi connectivity index (χ4v) is 4.37. The molecule has 1 amide bonds. The van der Waals surface area contributed by atoms with E-state index in [0.29, 0.717) is 11.7 Å². The van der Waals surface area contributed by atoms with Crippen molar-refractivity contribution in [1.82, 2.24) is 15.5 Å². The van der Waals surface area contributed by atoms with E-state index >= 15 is 0 Å².